The number of ether oxygens (including phenoxy) is 2. The van der Waals surface area contributed by atoms with Crippen molar-refractivity contribution in [3.63, 3.8) is 0 Å². The predicted octanol–water partition coefficient (Wildman–Crippen LogP) is 5.37. The number of hydrogen-bond acceptors (Lipinski definition) is 5. The number of para-hydroxylation sites is 1. The first-order valence-corrected chi connectivity index (χ1v) is 10.7. The number of nitrogens with zero attached hydrogens (tertiary/aromatic N) is 1. The second kappa shape index (κ2) is 9.00. The van der Waals surface area contributed by atoms with Crippen molar-refractivity contribution in [1.82, 2.24) is 0 Å². The molecule has 3 aromatic carbocycles. The zero-order valence-corrected chi connectivity index (χ0v) is 19.5. The van der Waals surface area contributed by atoms with Gasteiger partial charge in [-0.25, -0.2) is 4.90 Å². The molecule has 1 N–H and O–H groups in total. The lowest BCUT2D eigenvalue weighted by atomic mass is 9.97. The highest BCUT2D eigenvalue weighted by Crippen LogP contribution is 2.38. The summed E-state index contributed by atoms with van der Waals surface area (Å²) in [6, 6.07) is 17.7. The largest absolute Gasteiger partial charge is 0.493 e. The van der Waals surface area contributed by atoms with Gasteiger partial charge in [-0.2, -0.15) is 0 Å². The Balaban J connectivity index is 1.86. The fourth-order valence-corrected chi connectivity index (χ4v) is 4.12. The van der Waals surface area contributed by atoms with E-state index in [1.54, 1.807) is 49.6 Å². The fourth-order valence-electron chi connectivity index (χ4n) is 3.90. The van der Waals surface area contributed by atoms with Crippen LogP contribution in [-0.4, -0.2) is 26.0 Å². The third kappa shape index (κ3) is 4.05. The second-order valence-corrected chi connectivity index (χ2v) is 8.07. The van der Waals surface area contributed by atoms with E-state index >= 15 is 0 Å². The molecule has 0 bridgehead atoms. The summed E-state index contributed by atoms with van der Waals surface area (Å²) in [7, 11) is 3.08. The lowest BCUT2D eigenvalue weighted by molar-refractivity contribution is -0.120. The molecule has 1 aliphatic heterocycles. The standard InChI is InChI=1S/C26H23ClN2O4/c1-15-9-11-18(16(2)13-15)23-24(28-17-10-12-21(32-3)22(14-17)33-4)26(31)29(25(23)30)20-8-6-5-7-19(20)27/h5-14,28H,1-4H3. The lowest BCUT2D eigenvalue weighted by Crippen LogP contribution is -2.32. The Kier molecular flexibility index (Phi) is 6.11. The van der Waals surface area contributed by atoms with E-state index in [-0.39, 0.29) is 11.3 Å². The summed E-state index contributed by atoms with van der Waals surface area (Å²) in [5.74, 6) is 0.120. The van der Waals surface area contributed by atoms with Crippen LogP contribution in [0.4, 0.5) is 11.4 Å². The van der Waals surface area contributed by atoms with Crippen LogP contribution in [-0.2, 0) is 9.59 Å². The molecule has 0 aromatic heterocycles. The Labute approximate surface area is 197 Å². The molecule has 4 rings (SSSR count). The summed E-state index contributed by atoms with van der Waals surface area (Å²) >= 11 is 6.35. The topological polar surface area (TPSA) is 67.9 Å². The molecule has 0 fully saturated rings. The van der Waals surface area contributed by atoms with E-state index < -0.39 is 11.8 Å². The number of carbonyl (C=O) groups excluding carboxylic acids is 2. The first-order chi connectivity index (χ1) is 15.8. The van der Waals surface area contributed by atoms with Crippen LogP contribution < -0.4 is 19.7 Å². The van der Waals surface area contributed by atoms with E-state index in [2.05, 4.69) is 5.32 Å². The Bertz CT molecular complexity index is 1300. The van der Waals surface area contributed by atoms with Gasteiger partial charge in [0.15, 0.2) is 11.5 Å². The SMILES string of the molecule is COc1ccc(NC2=C(c3ccc(C)cc3C)C(=O)N(c3ccccc3Cl)C2=O)cc1OC. The molecule has 168 valence electrons. The van der Waals surface area contributed by atoms with Gasteiger partial charge in [0, 0.05) is 11.8 Å². The minimum atomic E-state index is -0.488. The molecule has 0 saturated carbocycles. The van der Waals surface area contributed by atoms with Gasteiger partial charge in [0.05, 0.1) is 30.5 Å². The number of benzene rings is 3. The van der Waals surface area contributed by atoms with Gasteiger partial charge in [-0.15, -0.1) is 0 Å². The van der Waals surface area contributed by atoms with Gasteiger partial charge in [0.25, 0.3) is 11.8 Å². The zero-order valence-electron chi connectivity index (χ0n) is 18.7. The predicted molar refractivity (Wildman–Crippen MR) is 130 cm³/mol. The molecule has 0 saturated heterocycles. The van der Waals surface area contributed by atoms with E-state index in [9.17, 15) is 9.59 Å². The number of anilines is 2. The minimum absolute atomic E-state index is 0.166. The monoisotopic (exact) mass is 462 g/mol. The average Bonchev–Trinajstić information content (AvgIpc) is 3.03. The number of imide groups is 1. The van der Waals surface area contributed by atoms with E-state index in [1.807, 2.05) is 32.0 Å². The number of halogens is 1. The molecule has 0 atom stereocenters. The molecule has 0 radical (unpaired) electrons. The van der Waals surface area contributed by atoms with Crippen LogP contribution in [0, 0.1) is 13.8 Å². The zero-order chi connectivity index (χ0) is 23.7. The number of rotatable bonds is 6. The maximum absolute atomic E-state index is 13.6. The van der Waals surface area contributed by atoms with E-state index in [0.717, 1.165) is 16.0 Å². The highest BCUT2D eigenvalue weighted by Gasteiger charge is 2.41. The number of methoxy groups -OCH3 is 2. The van der Waals surface area contributed by atoms with Crippen molar-refractivity contribution in [3.05, 3.63) is 88.1 Å². The van der Waals surface area contributed by atoms with Crippen LogP contribution in [0.25, 0.3) is 5.57 Å². The summed E-state index contributed by atoms with van der Waals surface area (Å²) in [5, 5.41) is 3.46. The molecule has 0 aliphatic carbocycles. The maximum atomic E-state index is 13.6. The van der Waals surface area contributed by atoms with E-state index in [4.69, 9.17) is 21.1 Å². The van der Waals surface area contributed by atoms with Gasteiger partial charge in [-0.1, -0.05) is 47.5 Å². The Morgan fingerprint density at radius 1 is 0.848 bits per heavy atom. The molecule has 1 heterocycles. The maximum Gasteiger partial charge on any atom is 0.282 e. The normalized spacial score (nSPS) is 13.5. The molecule has 3 aromatic rings. The average molecular weight is 463 g/mol. The summed E-state index contributed by atoms with van der Waals surface area (Å²) in [4.78, 5) is 28.3. The van der Waals surface area contributed by atoms with Crippen LogP contribution in [0.5, 0.6) is 11.5 Å². The fraction of sp³-hybridized carbons (Fsp3) is 0.154. The van der Waals surface area contributed by atoms with Crippen LogP contribution in [0.2, 0.25) is 5.02 Å². The Morgan fingerprint density at radius 2 is 1.58 bits per heavy atom. The third-order valence-electron chi connectivity index (χ3n) is 5.48. The molecule has 0 spiro atoms. The van der Waals surface area contributed by atoms with Gasteiger partial charge >= 0.3 is 0 Å². The summed E-state index contributed by atoms with van der Waals surface area (Å²) in [6.07, 6.45) is 0. The summed E-state index contributed by atoms with van der Waals surface area (Å²) in [5.41, 5.74) is 3.99. The summed E-state index contributed by atoms with van der Waals surface area (Å²) < 4.78 is 10.7. The first-order valence-electron chi connectivity index (χ1n) is 10.3. The molecular formula is C26H23ClN2O4. The number of nitrogens with one attached hydrogen (secondary N) is 1. The van der Waals surface area contributed by atoms with Crippen LogP contribution >= 0.6 is 11.6 Å². The van der Waals surface area contributed by atoms with Crippen molar-refractivity contribution in [2.75, 3.05) is 24.4 Å². The van der Waals surface area contributed by atoms with Crippen molar-refractivity contribution in [2.24, 2.45) is 0 Å². The van der Waals surface area contributed by atoms with Gasteiger partial charge in [0.1, 0.15) is 5.70 Å². The quantitative estimate of drug-likeness (QED) is 0.499. The van der Waals surface area contributed by atoms with Gasteiger partial charge in [0.2, 0.25) is 0 Å². The smallest absolute Gasteiger partial charge is 0.282 e. The molecule has 6 nitrogen and oxygen atoms in total. The van der Waals surface area contributed by atoms with Crippen molar-refractivity contribution >= 4 is 40.4 Å². The van der Waals surface area contributed by atoms with Crippen LogP contribution in [0.15, 0.2) is 66.4 Å². The molecular weight excluding hydrogens is 440 g/mol. The van der Waals surface area contributed by atoms with E-state index in [1.165, 1.54) is 7.11 Å². The minimum Gasteiger partial charge on any atom is -0.493 e. The van der Waals surface area contributed by atoms with Crippen LogP contribution in [0.3, 0.4) is 0 Å². The van der Waals surface area contributed by atoms with Crippen LogP contribution in [0.1, 0.15) is 16.7 Å². The lowest BCUT2D eigenvalue weighted by Gasteiger charge is -2.17. The second-order valence-electron chi connectivity index (χ2n) is 7.66. The molecule has 0 unspecified atom stereocenters. The number of aryl methyl sites for hydroxylation is 2. The van der Waals surface area contributed by atoms with Gasteiger partial charge < -0.3 is 14.8 Å². The molecule has 2 amide bonds. The molecule has 33 heavy (non-hydrogen) atoms. The molecule has 7 heteroatoms. The van der Waals surface area contributed by atoms with Gasteiger partial charge in [-0.3, -0.25) is 9.59 Å². The van der Waals surface area contributed by atoms with Crippen molar-refractivity contribution in [1.29, 1.82) is 0 Å². The Hall–Kier alpha value is -3.77. The van der Waals surface area contributed by atoms with Gasteiger partial charge in [-0.05, 0) is 49.2 Å². The highest BCUT2D eigenvalue weighted by atomic mass is 35.5. The van der Waals surface area contributed by atoms with Crippen molar-refractivity contribution in [3.8, 4) is 11.5 Å². The van der Waals surface area contributed by atoms with Crippen molar-refractivity contribution in [2.45, 2.75) is 13.8 Å². The van der Waals surface area contributed by atoms with E-state index in [0.29, 0.717) is 33.5 Å². The highest BCUT2D eigenvalue weighted by molar-refractivity contribution is 6.48. The summed E-state index contributed by atoms with van der Waals surface area (Å²) in [6.45, 7) is 3.89. The first kappa shape index (κ1) is 22.4. The third-order valence-corrected chi connectivity index (χ3v) is 5.80. The molecule has 1 aliphatic rings. The number of hydrogen-bond donors (Lipinski definition) is 1. The number of carbonyl (C=O) groups is 2. The Morgan fingerprint density at radius 3 is 2.24 bits per heavy atom. The van der Waals surface area contributed by atoms with Crippen molar-refractivity contribution < 1.29 is 19.1 Å². The number of amides is 2.